The lowest BCUT2D eigenvalue weighted by Gasteiger charge is -2.17. The van der Waals surface area contributed by atoms with Gasteiger partial charge in [-0.05, 0) is 19.8 Å². The fourth-order valence-electron chi connectivity index (χ4n) is 1.89. The largest absolute Gasteiger partial charge is 0.394 e. The molecule has 0 aromatic carbocycles. The van der Waals surface area contributed by atoms with Crippen molar-refractivity contribution < 1.29 is 14.9 Å². The van der Waals surface area contributed by atoms with Gasteiger partial charge >= 0.3 is 0 Å². The maximum absolute atomic E-state index is 9.77. The molecule has 6 heteroatoms. The van der Waals surface area contributed by atoms with E-state index in [1.54, 1.807) is 11.3 Å². The summed E-state index contributed by atoms with van der Waals surface area (Å²) >= 11 is 1.64. The molecular weight excluding hydrogens is 264 g/mol. The Labute approximate surface area is 117 Å². The Hall–Kier alpha value is -0.530. The molecule has 1 aromatic heterocycles. The molecule has 3 N–H and O–H groups in total. The molecule has 5 nitrogen and oxygen atoms in total. The first kappa shape index (κ1) is 14.9. The first-order valence-electron chi connectivity index (χ1n) is 6.66. The number of aryl methyl sites for hydroxylation is 1. The molecule has 0 spiro atoms. The minimum atomic E-state index is -0.522. The van der Waals surface area contributed by atoms with Crippen LogP contribution in [-0.2, 0) is 11.2 Å². The quantitative estimate of drug-likeness (QED) is 0.576. The Morgan fingerprint density at radius 2 is 2.37 bits per heavy atom. The Morgan fingerprint density at radius 1 is 1.58 bits per heavy atom. The van der Waals surface area contributed by atoms with Crippen LogP contribution in [0.1, 0.15) is 23.4 Å². The van der Waals surface area contributed by atoms with E-state index in [9.17, 15) is 5.11 Å². The third-order valence-corrected chi connectivity index (χ3v) is 4.49. The zero-order valence-corrected chi connectivity index (χ0v) is 12.1. The number of nitrogens with one attached hydrogen (secondary N) is 1. The second-order valence-electron chi connectivity index (χ2n) is 5.16. The predicted molar refractivity (Wildman–Crippen MR) is 74.4 cm³/mol. The Kier molecular flexibility index (Phi) is 5.29. The van der Waals surface area contributed by atoms with Gasteiger partial charge in [-0.2, -0.15) is 0 Å². The topological polar surface area (TPSA) is 74.6 Å². The molecule has 1 aromatic rings. The van der Waals surface area contributed by atoms with Crippen LogP contribution in [0.5, 0.6) is 0 Å². The summed E-state index contributed by atoms with van der Waals surface area (Å²) in [7, 11) is 0. The van der Waals surface area contributed by atoms with Crippen molar-refractivity contribution in [2.75, 3.05) is 26.4 Å². The van der Waals surface area contributed by atoms with Gasteiger partial charge in [0.25, 0.3) is 0 Å². The highest BCUT2D eigenvalue weighted by Crippen LogP contribution is 2.34. The van der Waals surface area contributed by atoms with Gasteiger partial charge in [-0.3, -0.25) is 0 Å². The van der Waals surface area contributed by atoms with Gasteiger partial charge in [0, 0.05) is 23.4 Å². The predicted octanol–water partition coefficient (Wildman–Crippen LogP) is 0.486. The standard InChI is InChI=1S/C13H22N2O3S/c1-10-12(19-9-14-10)2-5-18-7-11(17)6-15-13(8-16)3-4-13/h9,11,15-17H,2-8H2,1H3. The van der Waals surface area contributed by atoms with Crippen molar-refractivity contribution in [3.05, 3.63) is 16.1 Å². The van der Waals surface area contributed by atoms with Crippen LogP contribution in [0.2, 0.25) is 0 Å². The molecular formula is C13H22N2O3S. The molecule has 1 saturated carbocycles. The highest BCUT2D eigenvalue weighted by atomic mass is 32.1. The summed E-state index contributed by atoms with van der Waals surface area (Å²) in [6, 6.07) is 0. The zero-order chi connectivity index (χ0) is 13.7. The van der Waals surface area contributed by atoms with E-state index < -0.39 is 6.10 Å². The highest BCUT2D eigenvalue weighted by molar-refractivity contribution is 7.09. The number of hydrogen-bond acceptors (Lipinski definition) is 6. The number of ether oxygens (including phenoxy) is 1. The Balaban J connectivity index is 1.54. The van der Waals surface area contributed by atoms with Crippen LogP contribution in [0.25, 0.3) is 0 Å². The zero-order valence-electron chi connectivity index (χ0n) is 11.3. The van der Waals surface area contributed by atoms with Crippen molar-refractivity contribution in [2.24, 2.45) is 0 Å². The molecule has 1 aliphatic carbocycles. The van der Waals surface area contributed by atoms with Crippen LogP contribution in [0.3, 0.4) is 0 Å². The lowest BCUT2D eigenvalue weighted by molar-refractivity contribution is 0.0351. The van der Waals surface area contributed by atoms with Gasteiger partial charge in [0.2, 0.25) is 0 Å². The number of rotatable bonds is 9. The molecule has 0 saturated heterocycles. The van der Waals surface area contributed by atoms with Gasteiger partial charge in [0.15, 0.2) is 0 Å². The van der Waals surface area contributed by atoms with Crippen LogP contribution in [0.15, 0.2) is 5.51 Å². The summed E-state index contributed by atoms with van der Waals surface area (Å²) < 4.78 is 5.47. The smallest absolute Gasteiger partial charge is 0.0897 e. The van der Waals surface area contributed by atoms with Crippen molar-refractivity contribution in [3.63, 3.8) is 0 Å². The lowest BCUT2D eigenvalue weighted by Crippen LogP contribution is -2.41. The maximum atomic E-state index is 9.77. The molecule has 1 fully saturated rings. The minimum Gasteiger partial charge on any atom is -0.394 e. The second-order valence-corrected chi connectivity index (χ2v) is 6.10. The molecule has 1 unspecified atom stereocenters. The Bertz CT molecular complexity index is 393. The summed E-state index contributed by atoms with van der Waals surface area (Å²) in [6.45, 7) is 3.54. The third-order valence-electron chi connectivity index (χ3n) is 3.50. The van der Waals surface area contributed by atoms with E-state index in [2.05, 4.69) is 10.3 Å². The third kappa shape index (κ3) is 4.50. The van der Waals surface area contributed by atoms with Crippen LogP contribution in [-0.4, -0.2) is 53.2 Å². The van der Waals surface area contributed by atoms with E-state index in [0.29, 0.717) is 19.8 Å². The fraction of sp³-hybridized carbons (Fsp3) is 0.769. The van der Waals surface area contributed by atoms with E-state index in [0.717, 1.165) is 25.0 Å². The number of hydrogen-bond donors (Lipinski definition) is 3. The minimum absolute atomic E-state index is 0.124. The molecule has 19 heavy (non-hydrogen) atoms. The lowest BCUT2D eigenvalue weighted by atomic mass is 10.2. The number of β-amino-alcohol motifs (C(OH)–C–C–N with tert-alkyl or cyclic N) is 1. The van der Waals surface area contributed by atoms with E-state index in [4.69, 9.17) is 9.84 Å². The molecule has 0 amide bonds. The van der Waals surface area contributed by atoms with Gasteiger partial charge in [0.1, 0.15) is 0 Å². The molecule has 1 aliphatic rings. The summed E-state index contributed by atoms with van der Waals surface area (Å²) in [5.41, 5.74) is 2.78. The molecule has 2 rings (SSSR count). The average molecular weight is 286 g/mol. The van der Waals surface area contributed by atoms with Gasteiger partial charge in [-0.25, -0.2) is 4.98 Å². The first-order valence-corrected chi connectivity index (χ1v) is 7.54. The molecule has 108 valence electrons. The molecule has 0 radical (unpaired) electrons. The monoisotopic (exact) mass is 286 g/mol. The van der Waals surface area contributed by atoms with E-state index in [1.807, 2.05) is 12.4 Å². The molecule has 1 atom stereocenters. The number of aliphatic hydroxyl groups is 2. The SMILES string of the molecule is Cc1ncsc1CCOCC(O)CNC1(CO)CC1. The van der Waals surface area contributed by atoms with E-state index in [1.165, 1.54) is 4.88 Å². The van der Waals surface area contributed by atoms with Gasteiger partial charge in [0.05, 0.1) is 37.1 Å². The average Bonchev–Trinajstić information content (AvgIpc) is 3.09. The summed E-state index contributed by atoms with van der Waals surface area (Å²) in [5.74, 6) is 0. The normalized spacial score (nSPS) is 18.5. The molecule has 1 heterocycles. The highest BCUT2D eigenvalue weighted by Gasteiger charge is 2.41. The van der Waals surface area contributed by atoms with Crippen molar-refractivity contribution in [2.45, 2.75) is 37.8 Å². The second kappa shape index (κ2) is 6.76. The number of aromatic nitrogens is 1. The van der Waals surface area contributed by atoms with Gasteiger partial charge < -0.3 is 20.3 Å². The van der Waals surface area contributed by atoms with Gasteiger partial charge in [-0.1, -0.05) is 0 Å². The van der Waals surface area contributed by atoms with Crippen molar-refractivity contribution in [1.82, 2.24) is 10.3 Å². The van der Waals surface area contributed by atoms with Crippen LogP contribution < -0.4 is 5.32 Å². The number of thiazole rings is 1. The molecule has 0 bridgehead atoms. The fourth-order valence-corrected chi connectivity index (χ4v) is 2.65. The summed E-state index contributed by atoms with van der Waals surface area (Å²) in [5, 5.41) is 22.1. The van der Waals surface area contributed by atoms with E-state index in [-0.39, 0.29) is 12.1 Å². The van der Waals surface area contributed by atoms with Crippen LogP contribution in [0, 0.1) is 6.92 Å². The van der Waals surface area contributed by atoms with Crippen LogP contribution >= 0.6 is 11.3 Å². The maximum Gasteiger partial charge on any atom is 0.0897 e. The first-order chi connectivity index (χ1) is 9.15. The van der Waals surface area contributed by atoms with Crippen molar-refractivity contribution in [1.29, 1.82) is 0 Å². The van der Waals surface area contributed by atoms with E-state index >= 15 is 0 Å². The Morgan fingerprint density at radius 3 is 2.95 bits per heavy atom. The number of aliphatic hydroxyl groups excluding tert-OH is 2. The van der Waals surface area contributed by atoms with Crippen LogP contribution in [0.4, 0.5) is 0 Å². The number of nitrogens with zero attached hydrogens (tertiary/aromatic N) is 1. The summed E-state index contributed by atoms with van der Waals surface area (Å²) in [4.78, 5) is 5.42. The molecule has 0 aliphatic heterocycles. The summed E-state index contributed by atoms with van der Waals surface area (Å²) in [6.07, 6.45) is 2.30. The van der Waals surface area contributed by atoms with Crippen molar-refractivity contribution in [3.8, 4) is 0 Å². The van der Waals surface area contributed by atoms with Crippen molar-refractivity contribution >= 4 is 11.3 Å². The van der Waals surface area contributed by atoms with Gasteiger partial charge in [-0.15, -0.1) is 11.3 Å².